The molecule has 0 saturated heterocycles. The Morgan fingerprint density at radius 2 is 1.80 bits per heavy atom. The summed E-state index contributed by atoms with van der Waals surface area (Å²) in [6.07, 6.45) is 0. The zero-order valence-corrected chi connectivity index (χ0v) is 9.49. The molecule has 0 fully saturated rings. The Balaban J connectivity index is 2.78. The van der Waals surface area contributed by atoms with Crippen molar-refractivity contribution in [3.05, 3.63) is 30.3 Å². The van der Waals surface area contributed by atoms with Gasteiger partial charge in [-0.2, -0.15) is 8.42 Å². The molecule has 4 nitrogen and oxygen atoms in total. The summed E-state index contributed by atoms with van der Waals surface area (Å²) in [4.78, 5) is 0.0919. The number of hydrogen-bond acceptors (Lipinski definition) is 4. The molecule has 0 aliphatic heterocycles. The highest BCUT2D eigenvalue weighted by Crippen LogP contribution is 2.13. The molecule has 1 N–H and O–H groups in total. The van der Waals surface area contributed by atoms with Crippen molar-refractivity contribution in [1.82, 2.24) is 0 Å². The van der Waals surface area contributed by atoms with E-state index in [1.165, 1.54) is 26.0 Å². The van der Waals surface area contributed by atoms with Gasteiger partial charge in [0.15, 0.2) is 0 Å². The Kier molecular flexibility index (Phi) is 3.49. The second-order valence-corrected chi connectivity index (χ2v) is 5.46. The molecule has 5 heteroatoms. The smallest absolute Gasteiger partial charge is 0.297 e. The second-order valence-electron chi connectivity index (χ2n) is 3.84. The van der Waals surface area contributed by atoms with Crippen LogP contribution in [-0.2, 0) is 14.3 Å². The topological polar surface area (TPSA) is 63.6 Å². The Morgan fingerprint density at radius 3 is 2.27 bits per heavy atom. The SMILES string of the molecule is CC(C)(O)COS(=O)(=O)c1ccccc1. The lowest BCUT2D eigenvalue weighted by atomic mass is 10.2. The maximum Gasteiger partial charge on any atom is 0.297 e. The van der Waals surface area contributed by atoms with Crippen LogP contribution in [0.3, 0.4) is 0 Å². The molecule has 0 aliphatic rings. The molecule has 0 saturated carbocycles. The van der Waals surface area contributed by atoms with Crippen LogP contribution in [0.2, 0.25) is 0 Å². The number of aliphatic hydroxyl groups is 1. The minimum atomic E-state index is -3.75. The Morgan fingerprint density at radius 1 is 1.27 bits per heavy atom. The first-order chi connectivity index (χ1) is 6.81. The summed E-state index contributed by atoms with van der Waals surface area (Å²) in [6.45, 7) is 2.70. The van der Waals surface area contributed by atoms with Gasteiger partial charge in [0.1, 0.15) is 0 Å². The van der Waals surface area contributed by atoms with Crippen molar-refractivity contribution in [2.75, 3.05) is 6.61 Å². The average molecular weight is 230 g/mol. The van der Waals surface area contributed by atoms with Gasteiger partial charge < -0.3 is 5.11 Å². The molecule has 0 unspecified atom stereocenters. The molecule has 0 atom stereocenters. The Hall–Kier alpha value is -0.910. The average Bonchev–Trinajstić information content (AvgIpc) is 2.16. The van der Waals surface area contributed by atoms with Gasteiger partial charge in [0.05, 0.1) is 17.1 Å². The molecule has 0 spiro atoms. The van der Waals surface area contributed by atoms with E-state index in [0.717, 1.165) is 0 Å². The number of rotatable bonds is 4. The molecule has 1 aromatic carbocycles. The first-order valence-electron chi connectivity index (χ1n) is 4.48. The third kappa shape index (κ3) is 3.99. The second kappa shape index (κ2) is 4.30. The lowest BCUT2D eigenvalue weighted by molar-refractivity contribution is 0.0307. The molecule has 1 rings (SSSR count). The van der Waals surface area contributed by atoms with Crippen molar-refractivity contribution in [2.24, 2.45) is 0 Å². The van der Waals surface area contributed by atoms with E-state index in [2.05, 4.69) is 0 Å². The van der Waals surface area contributed by atoms with Gasteiger partial charge in [-0.25, -0.2) is 0 Å². The van der Waals surface area contributed by atoms with Gasteiger partial charge in [-0.15, -0.1) is 0 Å². The lowest BCUT2D eigenvalue weighted by Crippen LogP contribution is -2.27. The first-order valence-corrected chi connectivity index (χ1v) is 5.89. The highest BCUT2D eigenvalue weighted by Gasteiger charge is 2.20. The summed E-state index contributed by atoms with van der Waals surface area (Å²) in [5, 5.41) is 9.34. The number of benzene rings is 1. The minimum Gasteiger partial charge on any atom is -0.388 e. The molecular weight excluding hydrogens is 216 g/mol. The van der Waals surface area contributed by atoms with E-state index in [9.17, 15) is 13.5 Å². The van der Waals surface area contributed by atoms with Crippen LogP contribution in [0.4, 0.5) is 0 Å². The molecule has 0 aliphatic carbocycles. The molecule has 15 heavy (non-hydrogen) atoms. The molecule has 0 amide bonds. The van der Waals surface area contributed by atoms with Crippen LogP contribution in [0.1, 0.15) is 13.8 Å². The van der Waals surface area contributed by atoms with E-state index in [-0.39, 0.29) is 11.5 Å². The number of hydrogen-bond donors (Lipinski definition) is 1. The summed E-state index contributed by atoms with van der Waals surface area (Å²) >= 11 is 0. The van der Waals surface area contributed by atoms with Gasteiger partial charge in [-0.05, 0) is 26.0 Å². The van der Waals surface area contributed by atoms with Crippen molar-refractivity contribution in [3.63, 3.8) is 0 Å². The van der Waals surface area contributed by atoms with Gasteiger partial charge >= 0.3 is 0 Å². The maximum absolute atomic E-state index is 11.5. The Bertz CT molecular complexity index is 403. The van der Waals surface area contributed by atoms with E-state index in [4.69, 9.17) is 4.18 Å². The van der Waals surface area contributed by atoms with Crippen molar-refractivity contribution in [2.45, 2.75) is 24.3 Å². The van der Waals surface area contributed by atoms with Crippen LogP contribution in [-0.4, -0.2) is 25.7 Å². The minimum absolute atomic E-state index is 0.0919. The quantitative estimate of drug-likeness (QED) is 0.788. The van der Waals surface area contributed by atoms with E-state index < -0.39 is 15.7 Å². The van der Waals surface area contributed by atoms with Crippen LogP contribution in [0.15, 0.2) is 35.2 Å². The first kappa shape index (κ1) is 12.2. The predicted octanol–water partition coefficient (Wildman–Crippen LogP) is 1.16. The zero-order chi connectivity index (χ0) is 11.5. The Labute approximate surface area is 89.6 Å². The van der Waals surface area contributed by atoms with Crippen molar-refractivity contribution >= 4 is 10.1 Å². The van der Waals surface area contributed by atoms with Gasteiger partial charge in [-0.3, -0.25) is 4.18 Å². The summed E-state index contributed by atoms with van der Waals surface area (Å²) in [7, 11) is -3.75. The van der Waals surface area contributed by atoms with Crippen LogP contribution in [0, 0.1) is 0 Å². The van der Waals surface area contributed by atoms with E-state index in [0.29, 0.717) is 0 Å². The van der Waals surface area contributed by atoms with E-state index in [1.807, 2.05) is 0 Å². The van der Waals surface area contributed by atoms with Crippen LogP contribution < -0.4 is 0 Å². The third-order valence-electron chi connectivity index (χ3n) is 1.60. The molecule has 0 radical (unpaired) electrons. The molecule has 0 aromatic heterocycles. The van der Waals surface area contributed by atoms with Crippen LogP contribution in [0.5, 0.6) is 0 Å². The molecule has 84 valence electrons. The summed E-state index contributed by atoms with van der Waals surface area (Å²) in [6, 6.07) is 7.83. The standard InChI is InChI=1S/C10H14O4S/c1-10(2,11)8-14-15(12,13)9-6-4-3-5-7-9/h3-7,11H,8H2,1-2H3. The molecule has 0 bridgehead atoms. The van der Waals surface area contributed by atoms with Gasteiger partial charge in [0.25, 0.3) is 10.1 Å². The monoisotopic (exact) mass is 230 g/mol. The summed E-state index contributed by atoms with van der Waals surface area (Å²) in [5.74, 6) is 0. The van der Waals surface area contributed by atoms with E-state index >= 15 is 0 Å². The van der Waals surface area contributed by atoms with E-state index in [1.54, 1.807) is 18.2 Å². The molecular formula is C10H14O4S. The summed E-state index contributed by atoms with van der Waals surface area (Å²) < 4.78 is 27.8. The van der Waals surface area contributed by atoms with Crippen LogP contribution in [0.25, 0.3) is 0 Å². The van der Waals surface area contributed by atoms with Crippen LogP contribution >= 0.6 is 0 Å². The maximum atomic E-state index is 11.5. The fourth-order valence-corrected chi connectivity index (χ4v) is 1.95. The predicted molar refractivity (Wildman–Crippen MR) is 55.9 cm³/mol. The highest BCUT2D eigenvalue weighted by molar-refractivity contribution is 7.86. The lowest BCUT2D eigenvalue weighted by Gasteiger charge is -2.16. The van der Waals surface area contributed by atoms with Gasteiger partial charge in [-0.1, -0.05) is 18.2 Å². The zero-order valence-electron chi connectivity index (χ0n) is 8.67. The van der Waals surface area contributed by atoms with Gasteiger partial charge in [0, 0.05) is 0 Å². The fourth-order valence-electron chi connectivity index (χ4n) is 0.877. The molecule has 1 aromatic rings. The van der Waals surface area contributed by atoms with Crippen molar-refractivity contribution in [3.8, 4) is 0 Å². The normalized spacial score (nSPS) is 12.7. The van der Waals surface area contributed by atoms with Gasteiger partial charge in [0.2, 0.25) is 0 Å². The van der Waals surface area contributed by atoms with Crippen molar-refractivity contribution < 1.29 is 17.7 Å². The third-order valence-corrected chi connectivity index (χ3v) is 2.88. The van der Waals surface area contributed by atoms with Crippen molar-refractivity contribution in [1.29, 1.82) is 0 Å². The largest absolute Gasteiger partial charge is 0.388 e. The highest BCUT2D eigenvalue weighted by atomic mass is 32.2. The molecule has 0 heterocycles. The fraction of sp³-hybridized carbons (Fsp3) is 0.400. The summed E-state index contributed by atoms with van der Waals surface area (Å²) in [5.41, 5.74) is -1.16.